The Morgan fingerprint density at radius 1 is 1.43 bits per heavy atom. The predicted molar refractivity (Wildman–Crippen MR) is 88.6 cm³/mol. The average molecular weight is 320 g/mol. The third-order valence-electron chi connectivity index (χ3n) is 3.98. The van der Waals surface area contributed by atoms with E-state index in [9.17, 15) is 9.59 Å². The van der Waals surface area contributed by atoms with Crippen LogP contribution in [0.5, 0.6) is 0 Å². The second-order valence-electron chi connectivity index (χ2n) is 5.91. The van der Waals surface area contributed by atoms with Gasteiger partial charge in [0.1, 0.15) is 5.65 Å². The van der Waals surface area contributed by atoms with Crippen molar-refractivity contribution in [3.8, 4) is 0 Å². The van der Waals surface area contributed by atoms with Crippen molar-refractivity contribution in [2.45, 2.75) is 39.7 Å². The molecule has 126 valence electrons. The number of aromatic nitrogens is 3. The molecule has 1 atom stereocenters. The number of H-pyrrole nitrogens is 1. The molecule has 0 unspecified atom stereocenters. The number of ether oxygens (including phenoxy) is 1. The lowest BCUT2D eigenvalue weighted by atomic mass is 10.0. The number of aromatic amines is 1. The zero-order chi connectivity index (χ0) is 17.1. The highest BCUT2D eigenvalue weighted by Crippen LogP contribution is 2.21. The molecule has 0 bridgehead atoms. The van der Waals surface area contributed by atoms with Gasteiger partial charge in [-0.3, -0.25) is 14.3 Å². The number of aryl methyl sites for hydroxylation is 3. The maximum absolute atomic E-state index is 12.3. The van der Waals surface area contributed by atoms with Crippen LogP contribution in [0.2, 0.25) is 0 Å². The first-order valence-electron chi connectivity index (χ1n) is 7.68. The summed E-state index contributed by atoms with van der Waals surface area (Å²) in [6, 6.07) is -0.0464. The Morgan fingerprint density at radius 2 is 2.13 bits per heavy atom. The fourth-order valence-corrected chi connectivity index (χ4v) is 2.93. The Balaban J connectivity index is 2.19. The van der Waals surface area contributed by atoms with E-state index in [0.29, 0.717) is 24.2 Å². The van der Waals surface area contributed by atoms with E-state index in [4.69, 9.17) is 4.74 Å². The largest absolute Gasteiger partial charge is 0.383 e. The molecule has 2 rings (SSSR count). The molecule has 1 amide bonds. The Kier molecular flexibility index (Phi) is 5.20. The Morgan fingerprint density at radius 3 is 2.78 bits per heavy atom. The number of hydrogen-bond donors (Lipinski definition) is 2. The standard InChI is InChI=1S/C16H24N4O3/c1-9(8-23-5)17-13(21)7-6-12-10(2)14-11(3)19-20(4)15(14)18-16(12)22/h9H,6-8H2,1-5H3,(H,17,21)(H,18,22)/t9-/m0/s1. The van der Waals surface area contributed by atoms with E-state index in [1.54, 1.807) is 18.8 Å². The van der Waals surface area contributed by atoms with Crippen molar-refractivity contribution >= 4 is 16.9 Å². The van der Waals surface area contributed by atoms with E-state index in [0.717, 1.165) is 16.6 Å². The van der Waals surface area contributed by atoms with Crippen molar-refractivity contribution in [2.75, 3.05) is 13.7 Å². The van der Waals surface area contributed by atoms with Gasteiger partial charge in [0.15, 0.2) is 0 Å². The molecule has 7 nitrogen and oxygen atoms in total. The van der Waals surface area contributed by atoms with E-state index < -0.39 is 0 Å². The molecular weight excluding hydrogens is 296 g/mol. The minimum Gasteiger partial charge on any atom is -0.383 e. The molecule has 0 saturated carbocycles. The first-order chi connectivity index (χ1) is 10.8. The van der Waals surface area contributed by atoms with Gasteiger partial charge in [0.2, 0.25) is 5.91 Å². The highest BCUT2D eigenvalue weighted by Gasteiger charge is 2.16. The van der Waals surface area contributed by atoms with Gasteiger partial charge >= 0.3 is 0 Å². The van der Waals surface area contributed by atoms with Crippen molar-refractivity contribution in [1.29, 1.82) is 0 Å². The first kappa shape index (κ1) is 17.2. The average Bonchev–Trinajstić information content (AvgIpc) is 2.73. The Bertz CT molecular complexity index is 776. The van der Waals surface area contributed by atoms with Crippen LogP contribution >= 0.6 is 0 Å². The van der Waals surface area contributed by atoms with Crippen LogP contribution in [0, 0.1) is 13.8 Å². The summed E-state index contributed by atoms with van der Waals surface area (Å²) in [5, 5.41) is 8.15. The first-order valence-corrected chi connectivity index (χ1v) is 7.68. The van der Waals surface area contributed by atoms with Crippen LogP contribution < -0.4 is 10.9 Å². The number of nitrogens with zero attached hydrogens (tertiary/aromatic N) is 2. The van der Waals surface area contributed by atoms with Crippen molar-refractivity contribution in [3.05, 3.63) is 27.2 Å². The topological polar surface area (TPSA) is 89.0 Å². The summed E-state index contributed by atoms with van der Waals surface area (Å²) in [4.78, 5) is 27.1. The summed E-state index contributed by atoms with van der Waals surface area (Å²) in [6.07, 6.45) is 0.666. The predicted octanol–water partition coefficient (Wildman–Crippen LogP) is 0.962. The third kappa shape index (κ3) is 3.61. The summed E-state index contributed by atoms with van der Waals surface area (Å²) in [6.45, 7) is 6.17. The number of carbonyl (C=O) groups excluding carboxylic acids is 1. The van der Waals surface area contributed by atoms with Gasteiger partial charge in [0, 0.05) is 37.6 Å². The minimum atomic E-state index is -0.157. The van der Waals surface area contributed by atoms with Gasteiger partial charge in [0.05, 0.1) is 12.3 Å². The van der Waals surface area contributed by atoms with Gasteiger partial charge in [-0.15, -0.1) is 0 Å². The molecule has 2 heterocycles. The number of methoxy groups -OCH3 is 1. The Labute approximate surface area is 135 Å². The Hall–Kier alpha value is -2.15. The smallest absolute Gasteiger partial charge is 0.253 e. The number of pyridine rings is 1. The van der Waals surface area contributed by atoms with Crippen molar-refractivity contribution in [3.63, 3.8) is 0 Å². The van der Waals surface area contributed by atoms with Crippen molar-refractivity contribution < 1.29 is 9.53 Å². The molecule has 2 N–H and O–H groups in total. The van der Waals surface area contributed by atoms with Gasteiger partial charge < -0.3 is 15.0 Å². The van der Waals surface area contributed by atoms with Gasteiger partial charge in [-0.05, 0) is 32.8 Å². The number of hydrogen-bond acceptors (Lipinski definition) is 4. The van der Waals surface area contributed by atoms with Crippen LogP contribution in [0.15, 0.2) is 4.79 Å². The van der Waals surface area contributed by atoms with E-state index in [2.05, 4.69) is 15.4 Å². The maximum atomic E-state index is 12.3. The second-order valence-corrected chi connectivity index (χ2v) is 5.91. The highest BCUT2D eigenvalue weighted by molar-refractivity contribution is 5.83. The number of rotatable bonds is 6. The lowest BCUT2D eigenvalue weighted by Gasteiger charge is -2.13. The molecule has 0 fully saturated rings. The molecule has 0 saturated heterocycles. The monoisotopic (exact) mass is 320 g/mol. The summed E-state index contributed by atoms with van der Waals surface area (Å²) < 4.78 is 6.66. The van der Waals surface area contributed by atoms with E-state index >= 15 is 0 Å². The zero-order valence-electron chi connectivity index (χ0n) is 14.3. The number of nitrogens with one attached hydrogen (secondary N) is 2. The third-order valence-corrected chi connectivity index (χ3v) is 3.98. The van der Waals surface area contributed by atoms with Crippen molar-refractivity contribution in [2.24, 2.45) is 7.05 Å². The van der Waals surface area contributed by atoms with Crippen LogP contribution in [-0.2, 0) is 23.0 Å². The molecule has 0 radical (unpaired) electrons. The molecule has 23 heavy (non-hydrogen) atoms. The van der Waals surface area contributed by atoms with Crippen LogP contribution in [-0.4, -0.2) is 40.4 Å². The second kappa shape index (κ2) is 6.95. The molecule has 0 aliphatic carbocycles. The van der Waals surface area contributed by atoms with Gasteiger partial charge in [-0.25, -0.2) is 0 Å². The van der Waals surface area contributed by atoms with Gasteiger partial charge in [-0.2, -0.15) is 5.10 Å². The van der Waals surface area contributed by atoms with Crippen LogP contribution in [0.3, 0.4) is 0 Å². The lowest BCUT2D eigenvalue weighted by Crippen LogP contribution is -2.36. The highest BCUT2D eigenvalue weighted by atomic mass is 16.5. The zero-order valence-corrected chi connectivity index (χ0v) is 14.3. The SMILES string of the molecule is COC[C@H](C)NC(=O)CCc1c(C)c2c(C)nn(C)c2[nH]c1=O. The molecule has 0 aromatic carbocycles. The van der Waals surface area contributed by atoms with Crippen molar-refractivity contribution in [1.82, 2.24) is 20.1 Å². The van der Waals surface area contributed by atoms with E-state index in [1.807, 2.05) is 20.8 Å². The summed E-state index contributed by atoms with van der Waals surface area (Å²) >= 11 is 0. The normalized spacial score (nSPS) is 12.6. The maximum Gasteiger partial charge on any atom is 0.253 e. The molecule has 0 spiro atoms. The molecule has 7 heteroatoms. The summed E-state index contributed by atoms with van der Waals surface area (Å²) in [5.41, 5.74) is 2.97. The summed E-state index contributed by atoms with van der Waals surface area (Å²) in [7, 11) is 3.39. The molecule has 2 aromatic heterocycles. The number of fused-ring (bicyclic) bond motifs is 1. The van der Waals surface area contributed by atoms with E-state index in [-0.39, 0.29) is 23.9 Å². The van der Waals surface area contributed by atoms with Gasteiger partial charge in [-0.1, -0.05) is 0 Å². The molecule has 0 aliphatic heterocycles. The number of amides is 1. The number of carbonyl (C=O) groups is 1. The minimum absolute atomic E-state index is 0.0464. The molecular formula is C16H24N4O3. The summed E-state index contributed by atoms with van der Waals surface area (Å²) in [5.74, 6) is -0.0867. The lowest BCUT2D eigenvalue weighted by molar-refractivity contribution is -0.122. The van der Waals surface area contributed by atoms with Gasteiger partial charge in [0.25, 0.3) is 5.56 Å². The molecule has 0 aliphatic rings. The van der Waals surface area contributed by atoms with Crippen LogP contribution in [0.4, 0.5) is 0 Å². The fourth-order valence-electron chi connectivity index (χ4n) is 2.93. The fraction of sp³-hybridized carbons (Fsp3) is 0.562. The quantitative estimate of drug-likeness (QED) is 0.830. The van der Waals surface area contributed by atoms with Crippen LogP contribution in [0.1, 0.15) is 30.2 Å². The van der Waals surface area contributed by atoms with Crippen LogP contribution in [0.25, 0.3) is 11.0 Å². The van der Waals surface area contributed by atoms with E-state index in [1.165, 1.54) is 0 Å². The molecule has 2 aromatic rings.